The first-order valence-electron chi connectivity index (χ1n) is 5.01. The molecule has 2 rings (SSSR count). The minimum Gasteiger partial charge on any atom is -0.490 e. The van der Waals surface area contributed by atoms with Crippen LogP contribution >= 0.6 is 31.9 Å². The summed E-state index contributed by atoms with van der Waals surface area (Å²) < 4.78 is 9.32. The number of nitrogens with two attached hydrogens (primary N) is 1. The van der Waals surface area contributed by atoms with E-state index in [-0.39, 0.29) is 0 Å². The van der Waals surface area contributed by atoms with Crippen molar-refractivity contribution >= 4 is 37.5 Å². The third kappa shape index (κ3) is 3.47. The van der Waals surface area contributed by atoms with Gasteiger partial charge in [0.05, 0.1) is 22.9 Å². The van der Waals surface area contributed by atoms with Crippen LogP contribution in [0.4, 0.5) is 5.69 Å². The van der Waals surface area contributed by atoms with Crippen LogP contribution in [0.25, 0.3) is 0 Å². The van der Waals surface area contributed by atoms with E-state index in [2.05, 4.69) is 37.0 Å². The van der Waals surface area contributed by atoms with Gasteiger partial charge in [-0.3, -0.25) is 4.68 Å². The van der Waals surface area contributed by atoms with Gasteiger partial charge in [0, 0.05) is 10.7 Å². The summed E-state index contributed by atoms with van der Waals surface area (Å²) in [6, 6.07) is 5.79. The van der Waals surface area contributed by atoms with Gasteiger partial charge in [-0.05, 0) is 34.1 Å². The molecular formula is C11H11Br2N3O. The van der Waals surface area contributed by atoms with Crippen LogP contribution in [0.15, 0.2) is 39.5 Å². The maximum absolute atomic E-state index is 5.64. The van der Waals surface area contributed by atoms with E-state index in [1.807, 2.05) is 18.2 Å². The molecule has 1 aromatic heterocycles. The normalized spacial score (nSPS) is 10.5. The van der Waals surface area contributed by atoms with Gasteiger partial charge in [-0.2, -0.15) is 5.10 Å². The van der Waals surface area contributed by atoms with Gasteiger partial charge in [-0.15, -0.1) is 0 Å². The second-order valence-electron chi connectivity index (χ2n) is 3.46. The summed E-state index contributed by atoms with van der Waals surface area (Å²) in [6.45, 7) is 1.21. The Morgan fingerprint density at radius 2 is 2.18 bits per heavy atom. The van der Waals surface area contributed by atoms with Crippen molar-refractivity contribution in [2.45, 2.75) is 6.54 Å². The van der Waals surface area contributed by atoms with E-state index in [9.17, 15) is 0 Å². The predicted molar refractivity (Wildman–Crippen MR) is 74.0 cm³/mol. The standard InChI is InChI=1S/C11H11Br2N3O/c12-8-1-2-11(10(13)5-8)17-4-3-16-7-9(14)6-15-16/h1-2,5-7H,3-4,14H2. The molecule has 0 spiro atoms. The molecule has 0 unspecified atom stereocenters. The first kappa shape index (κ1) is 12.4. The molecule has 17 heavy (non-hydrogen) atoms. The van der Waals surface area contributed by atoms with Crippen molar-refractivity contribution in [3.8, 4) is 5.75 Å². The summed E-state index contributed by atoms with van der Waals surface area (Å²) >= 11 is 6.83. The van der Waals surface area contributed by atoms with Crippen molar-refractivity contribution in [2.75, 3.05) is 12.3 Å². The molecule has 4 nitrogen and oxygen atoms in total. The van der Waals surface area contributed by atoms with E-state index >= 15 is 0 Å². The Kier molecular flexibility index (Phi) is 4.06. The van der Waals surface area contributed by atoms with Crippen molar-refractivity contribution in [2.24, 2.45) is 0 Å². The molecule has 2 aromatic rings. The average molecular weight is 361 g/mol. The van der Waals surface area contributed by atoms with Gasteiger partial charge >= 0.3 is 0 Å². The van der Waals surface area contributed by atoms with Crippen molar-refractivity contribution in [3.05, 3.63) is 39.5 Å². The molecule has 0 fully saturated rings. The lowest BCUT2D eigenvalue weighted by atomic mass is 10.3. The predicted octanol–water partition coefficient (Wildman–Crippen LogP) is 3.07. The number of hydrogen-bond donors (Lipinski definition) is 1. The largest absolute Gasteiger partial charge is 0.490 e. The summed E-state index contributed by atoms with van der Waals surface area (Å²) in [5.74, 6) is 0.813. The molecule has 0 atom stereocenters. The number of hydrogen-bond acceptors (Lipinski definition) is 3. The van der Waals surface area contributed by atoms with E-state index in [0.717, 1.165) is 14.7 Å². The maximum atomic E-state index is 5.64. The fourth-order valence-corrected chi connectivity index (χ4v) is 2.50. The summed E-state index contributed by atoms with van der Waals surface area (Å²) in [5.41, 5.74) is 6.23. The number of rotatable bonds is 4. The molecule has 6 heteroatoms. The number of aromatic nitrogens is 2. The smallest absolute Gasteiger partial charge is 0.133 e. The second-order valence-corrected chi connectivity index (χ2v) is 5.23. The highest BCUT2D eigenvalue weighted by Gasteiger charge is 2.02. The number of nitrogen functional groups attached to an aromatic ring is 1. The number of benzene rings is 1. The molecule has 0 aliphatic carbocycles. The Labute approximate surface area is 116 Å². The average Bonchev–Trinajstić information content (AvgIpc) is 2.68. The highest BCUT2D eigenvalue weighted by Crippen LogP contribution is 2.28. The molecule has 0 bridgehead atoms. The molecule has 1 heterocycles. The zero-order valence-electron chi connectivity index (χ0n) is 8.94. The monoisotopic (exact) mass is 359 g/mol. The Morgan fingerprint density at radius 1 is 1.35 bits per heavy atom. The van der Waals surface area contributed by atoms with Crippen molar-refractivity contribution in [1.82, 2.24) is 9.78 Å². The zero-order chi connectivity index (χ0) is 12.3. The molecule has 0 aliphatic heterocycles. The number of nitrogens with zero attached hydrogens (tertiary/aromatic N) is 2. The molecule has 0 saturated carbocycles. The minimum atomic E-state index is 0.543. The molecule has 1 aromatic carbocycles. The molecule has 90 valence electrons. The van der Waals surface area contributed by atoms with E-state index in [4.69, 9.17) is 10.5 Å². The van der Waals surface area contributed by atoms with E-state index in [1.165, 1.54) is 0 Å². The Balaban J connectivity index is 1.90. The maximum Gasteiger partial charge on any atom is 0.133 e. The van der Waals surface area contributed by atoms with Crippen LogP contribution in [0, 0.1) is 0 Å². The fraction of sp³-hybridized carbons (Fsp3) is 0.182. The van der Waals surface area contributed by atoms with E-state index < -0.39 is 0 Å². The molecular weight excluding hydrogens is 350 g/mol. The molecule has 0 aliphatic rings. The van der Waals surface area contributed by atoms with Crippen LogP contribution in [0.3, 0.4) is 0 Å². The van der Waals surface area contributed by atoms with Gasteiger partial charge in [0.1, 0.15) is 12.4 Å². The lowest BCUT2D eigenvalue weighted by Gasteiger charge is -2.08. The van der Waals surface area contributed by atoms with Crippen LogP contribution < -0.4 is 10.5 Å². The first-order chi connectivity index (χ1) is 8.15. The molecule has 0 saturated heterocycles. The van der Waals surface area contributed by atoms with Crippen LogP contribution in [-0.4, -0.2) is 16.4 Å². The van der Waals surface area contributed by atoms with Crippen LogP contribution in [-0.2, 0) is 6.54 Å². The zero-order valence-corrected chi connectivity index (χ0v) is 12.1. The summed E-state index contributed by atoms with van der Waals surface area (Å²) in [7, 11) is 0. The van der Waals surface area contributed by atoms with Gasteiger partial charge in [-0.1, -0.05) is 15.9 Å². The summed E-state index contributed by atoms with van der Waals surface area (Å²) in [5, 5.41) is 4.08. The van der Waals surface area contributed by atoms with Crippen molar-refractivity contribution in [1.29, 1.82) is 0 Å². The van der Waals surface area contributed by atoms with Gasteiger partial charge in [0.15, 0.2) is 0 Å². The van der Waals surface area contributed by atoms with Gasteiger partial charge < -0.3 is 10.5 Å². The third-order valence-corrected chi connectivity index (χ3v) is 3.24. The van der Waals surface area contributed by atoms with Crippen LogP contribution in [0.2, 0.25) is 0 Å². The van der Waals surface area contributed by atoms with Crippen LogP contribution in [0.5, 0.6) is 5.75 Å². The first-order valence-corrected chi connectivity index (χ1v) is 6.59. The topological polar surface area (TPSA) is 53.1 Å². The summed E-state index contributed by atoms with van der Waals surface area (Å²) in [4.78, 5) is 0. The second kappa shape index (κ2) is 5.55. The molecule has 0 radical (unpaired) electrons. The van der Waals surface area contributed by atoms with Crippen molar-refractivity contribution in [3.63, 3.8) is 0 Å². The minimum absolute atomic E-state index is 0.543. The molecule has 0 amide bonds. The number of halogens is 2. The Morgan fingerprint density at radius 3 is 2.82 bits per heavy atom. The molecule has 2 N–H and O–H groups in total. The van der Waals surface area contributed by atoms with E-state index in [0.29, 0.717) is 18.8 Å². The third-order valence-electron chi connectivity index (χ3n) is 2.13. The SMILES string of the molecule is Nc1cnn(CCOc2ccc(Br)cc2Br)c1. The van der Waals surface area contributed by atoms with Gasteiger partial charge in [-0.25, -0.2) is 0 Å². The number of ether oxygens (including phenoxy) is 1. The summed E-state index contributed by atoms with van der Waals surface area (Å²) in [6.07, 6.45) is 3.40. The quantitative estimate of drug-likeness (QED) is 0.911. The van der Waals surface area contributed by atoms with E-state index in [1.54, 1.807) is 17.1 Å². The highest BCUT2D eigenvalue weighted by atomic mass is 79.9. The lowest BCUT2D eigenvalue weighted by Crippen LogP contribution is -2.08. The number of anilines is 1. The fourth-order valence-electron chi connectivity index (χ4n) is 1.34. The highest BCUT2D eigenvalue weighted by molar-refractivity contribution is 9.11. The van der Waals surface area contributed by atoms with Crippen LogP contribution in [0.1, 0.15) is 0 Å². The van der Waals surface area contributed by atoms with Gasteiger partial charge in [0.25, 0.3) is 0 Å². The lowest BCUT2D eigenvalue weighted by molar-refractivity contribution is 0.289. The Hall–Kier alpha value is -1.01. The van der Waals surface area contributed by atoms with Gasteiger partial charge in [0.2, 0.25) is 0 Å². The Bertz CT molecular complexity index is 513. The van der Waals surface area contributed by atoms with Crippen molar-refractivity contribution < 1.29 is 4.74 Å².